The van der Waals surface area contributed by atoms with Crippen LogP contribution in [-0.4, -0.2) is 71.2 Å². The highest BCUT2D eigenvalue weighted by atomic mass is 16.4. The Morgan fingerprint density at radius 2 is 1.48 bits per heavy atom. The van der Waals surface area contributed by atoms with Crippen molar-refractivity contribution in [3.05, 3.63) is 0 Å². The molecule has 0 radical (unpaired) electrons. The van der Waals surface area contributed by atoms with Crippen LogP contribution in [0.4, 0.5) is 0 Å². The van der Waals surface area contributed by atoms with Crippen LogP contribution in [-0.2, 0) is 19.2 Å². The summed E-state index contributed by atoms with van der Waals surface area (Å²) in [5, 5.41) is 25.7. The molecule has 0 aromatic heterocycles. The summed E-state index contributed by atoms with van der Waals surface area (Å²) >= 11 is 0. The van der Waals surface area contributed by atoms with Gasteiger partial charge >= 0.3 is 5.97 Å². The Bertz CT molecular complexity index is 557. The van der Waals surface area contributed by atoms with Gasteiger partial charge in [-0.15, -0.1) is 0 Å². The van der Waals surface area contributed by atoms with Crippen molar-refractivity contribution in [2.75, 3.05) is 13.2 Å². The van der Waals surface area contributed by atoms with Gasteiger partial charge in [0, 0.05) is 0 Å². The molecule has 0 aliphatic carbocycles. The topological polar surface area (TPSA) is 197 Å². The zero-order chi connectivity index (χ0) is 22.6. The first kappa shape index (κ1) is 26.8. The number of unbranched alkanes of at least 4 members (excludes halogenated alkanes) is 1. The van der Waals surface area contributed by atoms with Gasteiger partial charge in [0.2, 0.25) is 17.7 Å². The van der Waals surface area contributed by atoms with Gasteiger partial charge in [0.15, 0.2) is 0 Å². The number of nitrogens with one attached hydrogen (secondary N) is 3. The monoisotopic (exact) mass is 417 g/mol. The summed E-state index contributed by atoms with van der Waals surface area (Å²) in [7, 11) is 0. The Morgan fingerprint density at radius 3 is 1.97 bits per heavy atom. The highest BCUT2D eigenvalue weighted by Gasteiger charge is 2.28. The van der Waals surface area contributed by atoms with Gasteiger partial charge in [0.25, 0.3) is 0 Å². The number of carboxylic acid groups (broad SMARTS) is 1. The molecule has 0 aliphatic rings. The molecule has 9 N–H and O–H groups in total. The highest BCUT2D eigenvalue weighted by Crippen LogP contribution is 2.03. The molecule has 0 fully saturated rings. The minimum absolute atomic E-state index is 0.171. The van der Waals surface area contributed by atoms with Gasteiger partial charge in [-0.25, -0.2) is 4.79 Å². The van der Waals surface area contributed by atoms with Crippen molar-refractivity contribution in [2.45, 2.75) is 70.6 Å². The number of hydrogen-bond acceptors (Lipinski definition) is 7. The molecule has 0 heterocycles. The van der Waals surface area contributed by atoms with Gasteiger partial charge in [-0.05, 0) is 45.1 Å². The van der Waals surface area contributed by atoms with Crippen LogP contribution in [0.15, 0.2) is 0 Å². The molecule has 11 heteroatoms. The summed E-state index contributed by atoms with van der Waals surface area (Å²) in [5.41, 5.74) is 11.1. The number of carboxylic acids is 1. The fourth-order valence-electron chi connectivity index (χ4n) is 2.51. The van der Waals surface area contributed by atoms with Crippen LogP contribution in [0.1, 0.15) is 46.5 Å². The molecule has 3 amide bonds. The van der Waals surface area contributed by atoms with E-state index in [0.717, 1.165) is 0 Å². The van der Waals surface area contributed by atoms with Gasteiger partial charge in [-0.3, -0.25) is 14.4 Å². The average Bonchev–Trinajstić information content (AvgIpc) is 2.63. The quantitative estimate of drug-likeness (QED) is 0.158. The molecule has 0 saturated heterocycles. The van der Waals surface area contributed by atoms with Gasteiger partial charge < -0.3 is 37.6 Å². The molecule has 0 aromatic rings. The van der Waals surface area contributed by atoms with Gasteiger partial charge in [0.1, 0.15) is 18.1 Å². The van der Waals surface area contributed by atoms with Gasteiger partial charge in [-0.1, -0.05) is 13.8 Å². The molecule has 0 aliphatic heterocycles. The third-order valence-corrected chi connectivity index (χ3v) is 4.19. The van der Waals surface area contributed by atoms with E-state index < -0.39 is 54.5 Å². The molecule has 4 atom stereocenters. The van der Waals surface area contributed by atoms with Crippen LogP contribution < -0.4 is 27.4 Å². The molecule has 0 aromatic carbocycles. The number of carbonyl (C=O) groups excluding carboxylic acids is 3. The second-order valence-corrected chi connectivity index (χ2v) is 7.39. The minimum atomic E-state index is -1.36. The van der Waals surface area contributed by atoms with Gasteiger partial charge in [0.05, 0.1) is 12.6 Å². The molecule has 168 valence electrons. The Hall–Kier alpha value is -2.24. The smallest absolute Gasteiger partial charge is 0.326 e. The van der Waals surface area contributed by atoms with E-state index in [9.17, 15) is 29.4 Å². The molecule has 0 bridgehead atoms. The Labute approximate surface area is 171 Å². The Morgan fingerprint density at radius 1 is 0.897 bits per heavy atom. The molecule has 0 saturated carbocycles. The van der Waals surface area contributed by atoms with E-state index in [2.05, 4.69) is 16.0 Å². The van der Waals surface area contributed by atoms with Crippen molar-refractivity contribution >= 4 is 23.7 Å². The number of aliphatic hydroxyl groups excluding tert-OH is 1. The van der Waals surface area contributed by atoms with Crippen LogP contribution >= 0.6 is 0 Å². The van der Waals surface area contributed by atoms with Crippen LogP contribution in [0.25, 0.3) is 0 Å². The molecule has 29 heavy (non-hydrogen) atoms. The average molecular weight is 418 g/mol. The van der Waals surface area contributed by atoms with Crippen molar-refractivity contribution in [1.82, 2.24) is 16.0 Å². The number of rotatable bonds is 14. The Kier molecular flexibility index (Phi) is 12.8. The van der Waals surface area contributed by atoms with Crippen molar-refractivity contribution in [1.29, 1.82) is 0 Å². The fourth-order valence-corrected chi connectivity index (χ4v) is 2.51. The van der Waals surface area contributed by atoms with Crippen LogP contribution in [0.5, 0.6) is 0 Å². The minimum Gasteiger partial charge on any atom is -0.480 e. The molecule has 0 unspecified atom stereocenters. The summed E-state index contributed by atoms with van der Waals surface area (Å²) in [6.45, 7) is 4.90. The maximum Gasteiger partial charge on any atom is 0.326 e. The van der Waals surface area contributed by atoms with Gasteiger partial charge in [-0.2, -0.15) is 0 Å². The van der Waals surface area contributed by atoms with Crippen molar-refractivity contribution in [3.8, 4) is 0 Å². The summed E-state index contributed by atoms with van der Waals surface area (Å²) in [4.78, 5) is 47.8. The van der Waals surface area contributed by atoms with E-state index in [1.807, 2.05) is 13.8 Å². The summed E-state index contributed by atoms with van der Waals surface area (Å²) in [5.74, 6) is -3.07. The first-order valence-electron chi connectivity index (χ1n) is 9.73. The number of aliphatic hydroxyl groups is 1. The highest BCUT2D eigenvalue weighted by molar-refractivity contribution is 5.93. The summed E-state index contributed by atoms with van der Waals surface area (Å²) in [6.07, 6.45) is 1.73. The largest absolute Gasteiger partial charge is 0.480 e. The van der Waals surface area contributed by atoms with E-state index >= 15 is 0 Å². The lowest BCUT2D eigenvalue weighted by atomic mass is 10.0. The Balaban J connectivity index is 4.76. The van der Waals surface area contributed by atoms with Crippen molar-refractivity contribution in [3.63, 3.8) is 0 Å². The first-order chi connectivity index (χ1) is 13.5. The van der Waals surface area contributed by atoms with E-state index in [-0.39, 0.29) is 12.3 Å². The predicted molar refractivity (Wildman–Crippen MR) is 107 cm³/mol. The zero-order valence-corrected chi connectivity index (χ0v) is 17.3. The molecule has 0 spiro atoms. The molecule has 11 nitrogen and oxygen atoms in total. The SMILES string of the molecule is CC(C)C[C@H](N)C(=O)N[C@@H](C)C(=O)N[C@@H](CO)C(=O)N[C@@H](CCCCN)C(=O)O. The van der Waals surface area contributed by atoms with Crippen LogP contribution in [0.3, 0.4) is 0 Å². The lowest BCUT2D eigenvalue weighted by Crippen LogP contribution is -2.57. The second kappa shape index (κ2) is 13.9. The first-order valence-corrected chi connectivity index (χ1v) is 9.73. The third kappa shape index (κ3) is 10.8. The summed E-state index contributed by atoms with van der Waals surface area (Å²) in [6, 6.07) is -4.29. The fraction of sp³-hybridized carbons (Fsp3) is 0.778. The van der Waals surface area contributed by atoms with E-state index in [4.69, 9.17) is 11.5 Å². The maximum atomic E-state index is 12.3. The lowest BCUT2D eigenvalue weighted by Gasteiger charge is -2.22. The number of hydrogen-bond donors (Lipinski definition) is 7. The van der Waals surface area contributed by atoms with Crippen LogP contribution in [0.2, 0.25) is 0 Å². The predicted octanol–water partition coefficient (Wildman–Crippen LogP) is -1.96. The van der Waals surface area contributed by atoms with Crippen molar-refractivity contribution in [2.24, 2.45) is 17.4 Å². The normalized spacial score (nSPS) is 15.1. The standard InChI is InChI=1S/C18H35N5O6/c1-10(2)8-12(20)16(26)21-11(3)15(25)23-14(9-24)17(27)22-13(18(28)29)6-4-5-7-19/h10-14,24H,4-9,19-20H2,1-3H3,(H,21,26)(H,22,27)(H,23,25)(H,28,29)/t11-,12-,13-,14-/m0/s1. The number of carbonyl (C=O) groups is 4. The zero-order valence-electron chi connectivity index (χ0n) is 17.3. The van der Waals surface area contributed by atoms with Crippen LogP contribution in [0, 0.1) is 5.92 Å². The third-order valence-electron chi connectivity index (χ3n) is 4.19. The van der Waals surface area contributed by atoms with E-state index in [0.29, 0.717) is 25.8 Å². The second-order valence-electron chi connectivity index (χ2n) is 7.39. The van der Waals surface area contributed by atoms with E-state index in [1.54, 1.807) is 0 Å². The number of amides is 3. The van der Waals surface area contributed by atoms with E-state index in [1.165, 1.54) is 6.92 Å². The molecular formula is C18H35N5O6. The number of nitrogens with two attached hydrogens (primary N) is 2. The lowest BCUT2D eigenvalue weighted by molar-refractivity contribution is -0.142. The molecule has 0 rings (SSSR count). The molecular weight excluding hydrogens is 382 g/mol. The summed E-state index contributed by atoms with van der Waals surface area (Å²) < 4.78 is 0. The maximum absolute atomic E-state index is 12.3. The van der Waals surface area contributed by atoms with Crippen molar-refractivity contribution < 1.29 is 29.4 Å². The number of aliphatic carboxylic acids is 1.